The minimum atomic E-state index is -4.52. The van der Waals surface area contributed by atoms with Crippen LogP contribution < -0.4 is 10.2 Å². The number of hydrogen-bond acceptors (Lipinski definition) is 2. The van der Waals surface area contributed by atoms with E-state index in [4.69, 9.17) is 0 Å². The highest BCUT2D eigenvalue weighted by Gasteiger charge is 2.31. The number of hydrogen-bond donors (Lipinski definition) is 1. The standard InChI is InChI=1S/C20H22F4N2O/c1-3-11-26(12-4-2)18-10-7-15(20(22,23)24)13-17(18)25-19(27)14-5-8-16(21)9-6-14/h5-10,13H,3-4,11-12H2,1-2H3,(H,25,27). The SMILES string of the molecule is CCCN(CCC)c1ccc(C(F)(F)F)cc1NC(=O)c1ccc(F)cc1. The van der Waals surface area contributed by atoms with Crippen molar-refractivity contribution in [1.82, 2.24) is 0 Å². The van der Waals surface area contributed by atoms with Gasteiger partial charge in [-0.25, -0.2) is 4.39 Å². The van der Waals surface area contributed by atoms with Crippen molar-refractivity contribution in [2.24, 2.45) is 0 Å². The molecule has 27 heavy (non-hydrogen) atoms. The maximum absolute atomic E-state index is 13.1. The van der Waals surface area contributed by atoms with E-state index in [1.165, 1.54) is 18.2 Å². The molecule has 0 aromatic heterocycles. The largest absolute Gasteiger partial charge is 0.416 e. The number of nitrogens with one attached hydrogen (secondary N) is 1. The Labute approximate surface area is 156 Å². The van der Waals surface area contributed by atoms with E-state index in [0.717, 1.165) is 37.1 Å². The molecule has 0 saturated heterocycles. The van der Waals surface area contributed by atoms with Gasteiger partial charge in [0.25, 0.3) is 5.91 Å². The van der Waals surface area contributed by atoms with Crippen LogP contribution in [0.5, 0.6) is 0 Å². The minimum absolute atomic E-state index is 0.0843. The highest BCUT2D eigenvalue weighted by molar-refractivity contribution is 6.06. The molecule has 7 heteroatoms. The minimum Gasteiger partial charge on any atom is -0.370 e. The molecule has 0 radical (unpaired) electrons. The molecule has 3 nitrogen and oxygen atoms in total. The molecule has 1 N–H and O–H groups in total. The number of carbonyl (C=O) groups is 1. The Hall–Kier alpha value is -2.57. The van der Waals surface area contributed by atoms with Crippen LogP contribution in [0.1, 0.15) is 42.6 Å². The second-order valence-corrected chi connectivity index (χ2v) is 6.18. The van der Waals surface area contributed by atoms with Gasteiger partial charge in [0, 0.05) is 18.7 Å². The Morgan fingerprint density at radius 3 is 2.11 bits per heavy atom. The zero-order valence-corrected chi connectivity index (χ0v) is 15.2. The van der Waals surface area contributed by atoms with Crippen LogP contribution in [0, 0.1) is 5.82 Å². The first kappa shape index (κ1) is 20.7. The van der Waals surface area contributed by atoms with Crippen LogP contribution in [0.3, 0.4) is 0 Å². The molecule has 0 aliphatic heterocycles. The molecule has 0 atom stereocenters. The van der Waals surface area contributed by atoms with Crippen LogP contribution in [0.15, 0.2) is 42.5 Å². The molecule has 0 heterocycles. The van der Waals surface area contributed by atoms with Crippen molar-refractivity contribution in [2.45, 2.75) is 32.9 Å². The van der Waals surface area contributed by atoms with Gasteiger partial charge in [-0.15, -0.1) is 0 Å². The molecule has 0 bridgehead atoms. The van der Waals surface area contributed by atoms with Crippen molar-refractivity contribution in [3.8, 4) is 0 Å². The lowest BCUT2D eigenvalue weighted by molar-refractivity contribution is -0.137. The summed E-state index contributed by atoms with van der Waals surface area (Å²) in [5.74, 6) is -1.09. The Kier molecular flexibility index (Phi) is 6.82. The molecule has 0 fully saturated rings. The van der Waals surface area contributed by atoms with Crippen LogP contribution in [-0.2, 0) is 6.18 Å². The summed E-state index contributed by atoms with van der Waals surface area (Å²) in [6.07, 6.45) is -2.90. The maximum Gasteiger partial charge on any atom is 0.416 e. The number of nitrogens with zero attached hydrogens (tertiary/aromatic N) is 1. The van der Waals surface area contributed by atoms with Crippen LogP contribution in [0.2, 0.25) is 0 Å². The lowest BCUT2D eigenvalue weighted by Gasteiger charge is -2.27. The third-order valence-electron chi connectivity index (χ3n) is 4.01. The van der Waals surface area contributed by atoms with E-state index in [0.29, 0.717) is 18.8 Å². The molecule has 2 aromatic carbocycles. The van der Waals surface area contributed by atoms with Gasteiger partial charge in [0.15, 0.2) is 0 Å². The lowest BCUT2D eigenvalue weighted by Crippen LogP contribution is -2.27. The van der Waals surface area contributed by atoms with Crippen LogP contribution in [0.4, 0.5) is 28.9 Å². The van der Waals surface area contributed by atoms with Crippen molar-refractivity contribution >= 4 is 17.3 Å². The van der Waals surface area contributed by atoms with E-state index in [1.54, 1.807) is 0 Å². The van der Waals surface area contributed by atoms with Crippen molar-refractivity contribution in [3.05, 3.63) is 59.4 Å². The first-order valence-electron chi connectivity index (χ1n) is 8.79. The van der Waals surface area contributed by atoms with E-state index >= 15 is 0 Å². The average Bonchev–Trinajstić information content (AvgIpc) is 2.61. The number of amides is 1. The number of rotatable bonds is 7. The van der Waals surface area contributed by atoms with E-state index in [-0.39, 0.29) is 11.3 Å². The average molecular weight is 382 g/mol. The fourth-order valence-corrected chi connectivity index (χ4v) is 2.78. The molecule has 0 unspecified atom stereocenters. The third kappa shape index (κ3) is 5.45. The summed E-state index contributed by atoms with van der Waals surface area (Å²) in [5.41, 5.74) is -0.0610. The smallest absolute Gasteiger partial charge is 0.370 e. The molecule has 146 valence electrons. The maximum atomic E-state index is 13.1. The molecule has 2 rings (SSSR count). The second-order valence-electron chi connectivity index (χ2n) is 6.18. The molecular formula is C20H22F4N2O. The number of carbonyl (C=O) groups excluding carboxylic acids is 1. The Bertz CT molecular complexity index is 767. The summed E-state index contributed by atoms with van der Waals surface area (Å²) in [5, 5.41) is 2.55. The van der Waals surface area contributed by atoms with Crippen LogP contribution in [-0.4, -0.2) is 19.0 Å². The molecule has 0 aliphatic rings. The first-order valence-corrected chi connectivity index (χ1v) is 8.79. The fraction of sp³-hybridized carbons (Fsp3) is 0.350. The summed E-state index contributed by atoms with van der Waals surface area (Å²) < 4.78 is 52.4. The van der Waals surface area contributed by atoms with Crippen LogP contribution in [0.25, 0.3) is 0 Å². The van der Waals surface area contributed by atoms with E-state index in [9.17, 15) is 22.4 Å². The zero-order valence-electron chi connectivity index (χ0n) is 15.2. The van der Waals surface area contributed by atoms with E-state index in [2.05, 4.69) is 5.32 Å². The van der Waals surface area contributed by atoms with Gasteiger partial charge in [0.05, 0.1) is 16.9 Å². The molecule has 0 saturated carbocycles. The van der Waals surface area contributed by atoms with Gasteiger partial charge in [0.1, 0.15) is 5.82 Å². The highest BCUT2D eigenvalue weighted by Crippen LogP contribution is 2.36. The molecule has 0 spiro atoms. The highest BCUT2D eigenvalue weighted by atomic mass is 19.4. The van der Waals surface area contributed by atoms with E-state index in [1.807, 2.05) is 18.7 Å². The van der Waals surface area contributed by atoms with Crippen LogP contribution >= 0.6 is 0 Å². The molecule has 0 aliphatic carbocycles. The number of halogens is 4. The van der Waals surface area contributed by atoms with Gasteiger partial charge in [0.2, 0.25) is 0 Å². The monoisotopic (exact) mass is 382 g/mol. The lowest BCUT2D eigenvalue weighted by atomic mass is 10.1. The number of alkyl halides is 3. The van der Waals surface area contributed by atoms with Gasteiger partial charge in [-0.1, -0.05) is 13.8 Å². The van der Waals surface area contributed by atoms with Crippen molar-refractivity contribution in [1.29, 1.82) is 0 Å². The number of anilines is 2. The molecule has 2 aromatic rings. The molecule has 1 amide bonds. The predicted octanol–water partition coefficient (Wildman–Crippen LogP) is 5.72. The van der Waals surface area contributed by atoms with Gasteiger partial charge in [-0.2, -0.15) is 13.2 Å². The Morgan fingerprint density at radius 2 is 1.59 bits per heavy atom. The molecular weight excluding hydrogens is 360 g/mol. The Morgan fingerprint density at radius 1 is 1.00 bits per heavy atom. The van der Waals surface area contributed by atoms with Gasteiger partial charge >= 0.3 is 6.18 Å². The third-order valence-corrected chi connectivity index (χ3v) is 4.01. The van der Waals surface area contributed by atoms with Crippen molar-refractivity contribution < 1.29 is 22.4 Å². The van der Waals surface area contributed by atoms with Crippen molar-refractivity contribution in [2.75, 3.05) is 23.3 Å². The fourth-order valence-electron chi connectivity index (χ4n) is 2.78. The first-order chi connectivity index (χ1) is 12.8. The number of benzene rings is 2. The second kappa shape index (κ2) is 8.88. The van der Waals surface area contributed by atoms with E-state index < -0.39 is 23.5 Å². The summed E-state index contributed by atoms with van der Waals surface area (Å²) in [6.45, 7) is 5.25. The van der Waals surface area contributed by atoms with Gasteiger partial charge < -0.3 is 10.2 Å². The topological polar surface area (TPSA) is 32.3 Å². The summed E-state index contributed by atoms with van der Waals surface area (Å²) in [7, 11) is 0. The van der Waals surface area contributed by atoms with Crippen molar-refractivity contribution in [3.63, 3.8) is 0 Å². The Balaban J connectivity index is 2.42. The van der Waals surface area contributed by atoms with Gasteiger partial charge in [-0.3, -0.25) is 4.79 Å². The van der Waals surface area contributed by atoms with Gasteiger partial charge in [-0.05, 0) is 55.3 Å². The summed E-state index contributed by atoms with van der Waals surface area (Å²) in [4.78, 5) is 14.4. The summed E-state index contributed by atoms with van der Waals surface area (Å²) in [6, 6.07) is 8.16. The predicted molar refractivity (Wildman–Crippen MR) is 98.6 cm³/mol. The zero-order chi connectivity index (χ0) is 20.0. The quantitative estimate of drug-likeness (QED) is 0.621. The normalized spacial score (nSPS) is 11.3. The summed E-state index contributed by atoms with van der Waals surface area (Å²) >= 11 is 0.